The molecule has 3 aromatic heterocycles. The van der Waals surface area contributed by atoms with Crippen molar-refractivity contribution in [3.63, 3.8) is 0 Å². The topological polar surface area (TPSA) is 94.1 Å². The van der Waals surface area contributed by atoms with E-state index in [1.54, 1.807) is 11.3 Å². The molecule has 0 amide bonds. The molecular formula is C17H12N4O3S. The lowest BCUT2D eigenvalue weighted by atomic mass is 10.3. The van der Waals surface area contributed by atoms with Crippen molar-refractivity contribution in [2.45, 2.75) is 6.54 Å². The molecular weight excluding hydrogens is 340 g/mol. The SMILES string of the molecule is O=[N+]([O-])c1cccnc1NCc1ccc(-c2nc3ccccc3s2)o1. The quantitative estimate of drug-likeness (QED) is 0.420. The molecule has 3 heterocycles. The van der Waals surface area contributed by atoms with Gasteiger partial charge < -0.3 is 9.73 Å². The number of pyridine rings is 1. The van der Waals surface area contributed by atoms with Crippen molar-refractivity contribution in [2.24, 2.45) is 0 Å². The summed E-state index contributed by atoms with van der Waals surface area (Å²) in [5, 5.41) is 14.7. The number of rotatable bonds is 5. The van der Waals surface area contributed by atoms with Crippen LogP contribution in [0.4, 0.5) is 11.5 Å². The van der Waals surface area contributed by atoms with Gasteiger partial charge in [-0.3, -0.25) is 10.1 Å². The molecule has 0 bridgehead atoms. The summed E-state index contributed by atoms with van der Waals surface area (Å²) in [6.45, 7) is 0.294. The molecule has 0 aliphatic carbocycles. The fourth-order valence-corrected chi connectivity index (χ4v) is 3.34. The average Bonchev–Trinajstić information content (AvgIpc) is 3.26. The van der Waals surface area contributed by atoms with Crippen molar-refractivity contribution in [1.29, 1.82) is 0 Å². The van der Waals surface area contributed by atoms with E-state index >= 15 is 0 Å². The number of hydrogen-bond donors (Lipinski definition) is 1. The maximum absolute atomic E-state index is 11.0. The van der Waals surface area contributed by atoms with Gasteiger partial charge in [-0.05, 0) is 30.3 Å². The van der Waals surface area contributed by atoms with Crippen LogP contribution in [0.15, 0.2) is 59.1 Å². The Bertz CT molecular complexity index is 1020. The number of nitrogens with zero attached hydrogens (tertiary/aromatic N) is 3. The monoisotopic (exact) mass is 352 g/mol. The summed E-state index contributed by atoms with van der Waals surface area (Å²) in [5.74, 6) is 1.54. The Morgan fingerprint density at radius 1 is 1.16 bits per heavy atom. The maximum Gasteiger partial charge on any atom is 0.311 e. The van der Waals surface area contributed by atoms with Gasteiger partial charge in [0.1, 0.15) is 5.76 Å². The first-order chi connectivity index (χ1) is 12.2. The molecule has 0 radical (unpaired) electrons. The second kappa shape index (κ2) is 6.33. The third-order valence-corrected chi connectivity index (χ3v) is 4.63. The summed E-state index contributed by atoms with van der Waals surface area (Å²) < 4.78 is 6.90. The number of fused-ring (bicyclic) bond motifs is 1. The van der Waals surface area contributed by atoms with E-state index in [2.05, 4.69) is 15.3 Å². The van der Waals surface area contributed by atoms with Gasteiger partial charge in [0.2, 0.25) is 5.82 Å². The highest BCUT2D eigenvalue weighted by molar-refractivity contribution is 7.21. The first-order valence-electron chi connectivity index (χ1n) is 7.48. The van der Waals surface area contributed by atoms with Crippen molar-refractivity contribution in [2.75, 3.05) is 5.32 Å². The molecule has 1 aromatic carbocycles. The molecule has 25 heavy (non-hydrogen) atoms. The molecule has 4 aromatic rings. The lowest BCUT2D eigenvalue weighted by Gasteiger charge is -2.03. The van der Waals surface area contributed by atoms with Crippen molar-refractivity contribution >= 4 is 33.1 Å². The van der Waals surface area contributed by atoms with Crippen molar-refractivity contribution < 1.29 is 9.34 Å². The Morgan fingerprint density at radius 3 is 2.88 bits per heavy atom. The van der Waals surface area contributed by atoms with Gasteiger partial charge in [0.15, 0.2) is 10.8 Å². The Kier molecular flexibility index (Phi) is 3.87. The first kappa shape index (κ1) is 15.3. The number of hydrogen-bond acceptors (Lipinski definition) is 7. The van der Waals surface area contributed by atoms with E-state index in [-0.39, 0.29) is 11.5 Å². The molecule has 0 aliphatic heterocycles. The zero-order valence-corrected chi connectivity index (χ0v) is 13.7. The van der Waals surface area contributed by atoms with Crippen LogP contribution in [0.2, 0.25) is 0 Å². The smallest absolute Gasteiger partial charge is 0.311 e. The standard InChI is InChI=1S/C17H12N4O3S/c22-21(23)13-5-3-9-18-16(13)19-10-11-7-8-14(24-11)17-20-12-4-1-2-6-15(12)25-17/h1-9H,10H2,(H,18,19). The summed E-state index contributed by atoms with van der Waals surface area (Å²) in [5.41, 5.74) is 0.864. The van der Waals surface area contributed by atoms with Gasteiger partial charge in [0, 0.05) is 12.3 Å². The molecule has 7 nitrogen and oxygen atoms in total. The van der Waals surface area contributed by atoms with Crippen molar-refractivity contribution in [1.82, 2.24) is 9.97 Å². The second-order valence-corrected chi connectivity index (χ2v) is 6.27. The van der Waals surface area contributed by atoms with Gasteiger partial charge >= 0.3 is 5.69 Å². The van der Waals surface area contributed by atoms with Gasteiger partial charge in [-0.25, -0.2) is 9.97 Å². The lowest BCUT2D eigenvalue weighted by Crippen LogP contribution is -2.03. The Hall–Kier alpha value is -3.26. The highest BCUT2D eigenvalue weighted by Crippen LogP contribution is 2.31. The Morgan fingerprint density at radius 2 is 2.04 bits per heavy atom. The van der Waals surface area contributed by atoms with Crippen LogP contribution in [-0.2, 0) is 6.54 Å². The minimum atomic E-state index is -0.468. The molecule has 0 saturated carbocycles. The zero-order chi connectivity index (χ0) is 17.2. The van der Waals surface area contributed by atoms with E-state index in [0.29, 0.717) is 18.1 Å². The molecule has 1 N–H and O–H groups in total. The summed E-state index contributed by atoms with van der Waals surface area (Å²) in [6.07, 6.45) is 1.50. The molecule has 4 rings (SSSR count). The van der Waals surface area contributed by atoms with Crippen LogP contribution in [-0.4, -0.2) is 14.9 Å². The molecule has 0 spiro atoms. The van der Waals surface area contributed by atoms with Crippen LogP contribution in [0, 0.1) is 10.1 Å². The Labute approximate surface area is 146 Å². The Balaban J connectivity index is 1.53. The number of anilines is 1. The highest BCUT2D eigenvalue weighted by Gasteiger charge is 2.15. The fourth-order valence-electron chi connectivity index (χ4n) is 2.42. The predicted molar refractivity (Wildman–Crippen MR) is 95.5 cm³/mol. The number of benzene rings is 1. The van der Waals surface area contributed by atoms with Gasteiger partial charge in [-0.2, -0.15) is 0 Å². The molecule has 0 unspecified atom stereocenters. The molecule has 124 valence electrons. The summed E-state index contributed by atoms with van der Waals surface area (Å²) in [4.78, 5) is 19.1. The van der Waals surface area contributed by atoms with Crippen LogP contribution < -0.4 is 5.32 Å². The van der Waals surface area contributed by atoms with Crippen molar-refractivity contribution in [3.8, 4) is 10.8 Å². The van der Waals surface area contributed by atoms with Gasteiger partial charge in [-0.15, -0.1) is 11.3 Å². The number of nitro groups is 1. The number of thiazole rings is 1. The number of aromatic nitrogens is 2. The summed E-state index contributed by atoms with van der Waals surface area (Å²) in [7, 11) is 0. The molecule has 8 heteroatoms. The van der Waals surface area contributed by atoms with E-state index in [9.17, 15) is 10.1 Å². The largest absolute Gasteiger partial charge is 0.457 e. The van der Waals surface area contributed by atoms with E-state index in [1.165, 1.54) is 18.3 Å². The van der Waals surface area contributed by atoms with Crippen LogP contribution in [0.25, 0.3) is 21.0 Å². The summed E-state index contributed by atoms with van der Waals surface area (Å²) in [6, 6.07) is 14.5. The predicted octanol–water partition coefficient (Wildman–Crippen LogP) is 4.47. The first-order valence-corrected chi connectivity index (χ1v) is 8.30. The number of nitrogens with one attached hydrogen (secondary N) is 1. The van der Waals surface area contributed by atoms with E-state index in [4.69, 9.17) is 4.42 Å². The fraction of sp³-hybridized carbons (Fsp3) is 0.0588. The normalized spacial score (nSPS) is 10.9. The van der Waals surface area contributed by atoms with E-state index in [1.807, 2.05) is 36.4 Å². The third kappa shape index (κ3) is 3.07. The van der Waals surface area contributed by atoms with Gasteiger partial charge in [0.05, 0.1) is 21.7 Å². The number of furan rings is 1. The second-order valence-electron chi connectivity index (χ2n) is 5.23. The molecule has 0 atom stereocenters. The van der Waals surface area contributed by atoms with Crippen LogP contribution in [0.5, 0.6) is 0 Å². The molecule has 0 aliphatic rings. The average molecular weight is 352 g/mol. The third-order valence-electron chi connectivity index (χ3n) is 3.58. The highest BCUT2D eigenvalue weighted by atomic mass is 32.1. The number of para-hydroxylation sites is 1. The zero-order valence-electron chi connectivity index (χ0n) is 12.9. The van der Waals surface area contributed by atoms with Crippen LogP contribution in [0.1, 0.15) is 5.76 Å². The van der Waals surface area contributed by atoms with Crippen LogP contribution in [0.3, 0.4) is 0 Å². The molecule has 0 fully saturated rings. The van der Waals surface area contributed by atoms with Gasteiger partial charge in [-0.1, -0.05) is 12.1 Å². The van der Waals surface area contributed by atoms with E-state index < -0.39 is 4.92 Å². The van der Waals surface area contributed by atoms with Crippen molar-refractivity contribution in [3.05, 3.63) is 70.6 Å². The maximum atomic E-state index is 11.0. The van der Waals surface area contributed by atoms with Crippen LogP contribution >= 0.6 is 11.3 Å². The van der Waals surface area contributed by atoms with Gasteiger partial charge in [0.25, 0.3) is 0 Å². The summed E-state index contributed by atoms with van der Waals surface area (Å²) >= 11 is 1.56. The lowest BCUT2D eigenvalue weighted by molar-refractivity contribution is -0.384. The van der Waals surface area contributed by atoms with E-state index in [0.717, 1.165) is 15.2 Å². The minimum absolute atomic E-state index is 0.0690. The minimum Gasteiger partial charge on any atom is -0.457 e. The molecule has 0 saturated heterocycles.